The minimum Gasteiger partial charge on any atom is -0.346 e. The molecule has 4 aromatic rings. The van der Waals surface area contributed by atoms with E-state index in [1.165, 1.54) is 15.6 Å². The number of nitrogens with zero attached hydrogens (tertiary/aromatic N) is 4. The zero-order valence-corrected chi connectivity index (χ0v) is 15.7. The number of nitrogens with one attached hydrogen (secondary N) is 1. The Morgan fingerprint density at radius 2 is 1.93 bits per heavy atom. The van der Waals surface area contributed by atoms with Crippen molar-refractivity contribution in [2.24, 2.45) is 7.05 Å². The zero-order chi connectivity index (χ0) is 19.7. The maximum Gasteiger partial charge on any atom is 0.279 e. The van der Waals surface area contributed by atoms with Crippen LogP contribution in [0.2, 0.25) is 5.02 Å². The Kier molecular flexibility index (Phi) is 4.67. The van der Waals surface area contributed by atoms with Gasteiger partial charge in [0.1, 0.15) is 5.52 Å². The summed E-state index contributed by atoms with van der Waals surface area (Å²) in [5.41, 5.74) is 1.86. The lowest BCUT2D eigenvalue weighted by Gasteiger charge is -2.04. The molecule has 4 rings (SSSR count). The topological polar surface area (TPSA) is 81.8 Å². The minimum atomic E-state index is -0.416. The molecule has 0 bridgehead atoms. The van der Waals surface area contributed by atoms with E-state index < -0.39 is 5.91 Å². The number of aromatic nitrogens is 4. The molecule has 1 amide bonds. The maximum atomic E-state index is 12.8. The fourth-order valence-corrected chi connectivity index (χ4v) is 3.12. The average Bonchev–Trinajstić information content (AvgIpc) is 3.10. The average molecular weight is 394 g/mol. The van der Waals surface area contributed by atoms with E-state index in [1.807, 2.05) is 42.5 Å². The second-order valence-electron chi connectivity index (χ2n) is 6.27. The van der Waals surface area contributed by atoms with Gasteiger partial charge < -0.3 is 9.88 Å². The smallest absolute Gasteiger partial charge is 0.279 e. The van der Waals surface area contributed by atoms with Gasteiger partial charge >= 0.3 is 0 Å². The highest BCUT2D eigenvalue weighted by Gasteiger charge is 2.22. The maximum absolute atomic E-state index is 12.8. The lowest BCUT2D eigenvalue weighted by atomic mass is 10.2. The zero-order valence-electron chi connectivity index (χ0n) is 15.0. The van der Waals surface area contributed by atoms with Crippen molar-refractivity contribution < 1.29 is 4.79 Å². The van der Waals surface area contributed by atoms with E-state index in [1.54, 1.807) is 19.2 Å². The lowest BCUT2D eigenvalue weighted by molar-refractivity contribution is 0.0947. The van der Waals surface area contributed by atoms with E-state index in [9.17, 15) is 9.59 Å². The number of halogens is 1. The van der Waals surface area contributed by atoms with Gasteiger partial charge in [-0.3, -0.25) is 9.59 Å². The number of hydrogen-bond acceptors (Lipinski definition) is 4. The van der Waals surface area contributed by atoms with Crippen molar-refractivity contribution in [3.8, 4) is 5.69 Å². The van der Waals surface area contributed by atoms with E-state index in [-0.39, 0.29) is 28.8 Å². The van der Waals surface area contributed by atoms with Gasteiger partial charge in [0.15, 0.2) is 11.2 Å². The van der Waals surface area contributed by atoms with Crippen LogP contribution in [0.3, 0.4) is 0 Å². The van der Waals surface area contributed by atoms with E-state index in [2.05, 4.69) is 15.4 Å². The second-order valence-corrected chi connectivity index (χ2v) is 6.70. The van der Waals surface area contributed by atoms with Gasteiger partial charge in [0.05, 0.1) is 12.0 Å². The summed E-state index contributed by atoms with van der Waals surface area (Å²) >= 11 is 5.98. The van der Waals surface area contributed by atoms with Crippen molar-refractivity contribution in [3.05, 3.63) is 87.6 Å². The van der Waals surface area contributed by atoms with Crippen LogP contribution in [0.15, 0.2) is 65.7 Å². The monoisotopic (exact) mass is 393 g/mol. The van der Waals surface area contributed by atoms with Gasteiger partial charge in [0, 0.05) is 18.6 Å². The molecule has 8 heteroatoms. The standard InChI is InChI=1S/C20H16ClN5O2/c1-25-12-23-16-17(19(27)22-11-13-6-5-7-14(21)10-13)24-26(18(16)20(25)28)15-8-3-2-4-9-15/h2-10,12H,11H2,1H3,(H,22,27). The van der Waals surface area contributed by atoms with Gasteiger partial charge in [0.25, 0.3) is 11.5 Å². The van der Waals surface area contributed by atoms with Crippen molar-refractivity contribution in [1.29, 1.82) is 0 Å². The van der Waals surface area contributed by atoms with E-state index in [0.717, 1.165) is 5.56 Å². The molecule has 2 heterocycles. The Morgan fingerprint density at radius 3 is 2.68 bits per heavy atom. The van der Waals surface area contributed by atoms with Crippen LogP contribution in [0.4, 0.5) is 0 Å². The summed E-state index contributed by atoms with van der Waals surface area (Å²) in [6, 6.07) is 16.4. The first-order chi connectivity index (χ1) is 13.5. The Balaban J connectivity index is 1.76. The van der Waals surface area contributed by atoms with Crippen LogP contribution in [0.1, 0.15) is 16.1 Å². The summed E-state index contributed by atoms with van der Waals surface area (Å²) in [7, 11) is 1.61. The number of amides is 1. The Bertz CT molecular complexity index is 1230. The van der Waals surface area contributed by atoms with Gasteiger partial charge in [-0.15, -0.1) is 0 Å². The molecule has 0 aliphatic rings. The highest BCUT2D eigenvalue weighted by atomic mass is 35.5. The number of carbonyl (C=O) groups is 1. The molecule has 0 saturated heterocycles. The SMILES string of the molecule is Cn1cnc2c(C(=O)NCc3cccc(Cl)c3)nn(-c3ccccc3)c2c1=O. The summed E-state index contributed by atoms with van der Waals surface area (Å²) in [5, 5.41) is 7.80. The van der Waals surface area contributed by atoms with Crippen molar-refractivity contribution in [2.75, 3.05) is 0 Å². The van der Waals surface area contributed by atoms with Gasteiger partial charge in [-0.1, -0.05) is 41.9 Å². The summed E-state index contributed by atoms with van der Waals surface area (Å²) < 4.78 is 2.82. The molecule has 140 valence electrons. The summed E-state index contributed by atoms with van der Waals surface area (Å²) in [6.45, 7) is 0.282. The number of aryl methyl sites for hydroxylation is 1. The molecule has 0 spiro atoms. The fraction of sp³-hybridized carbons (Fsp3) is 0.100. The van der Waals surface area contributed by atoms with Crippen molar-refractivity contribution >= 4 is 28.5 Å². The van der Waals surface area contributed by atoms with Crippen molar-refractivity contribution in [2.45, 2.75) is 6.54 Å². The predicted molar refractivity (Wildman–Crippen MR) is 107 cm³/mol. The first kappa shape index (κ1) is 17.9. The van der Waals surface area contributed by atoms with Crippen LogP contribution < -0.4 is 10.9 Å². The van der Waals surface area contributed by atoms with E-state index in [4.69, 9.17) is 11.6 Å². The quantitative estimate of drug-likeness (QED) is 0.578. The molecule has 0 radical (unpaired) electrons. The molecule has 1 N–H and O–H groups in total. The van der Waals surface area contributed by atoms with E-state index in [0.29, 0.717) is 10.7 Å². The molecule has 0 aliphatic carbocycles. The largest absolute Gasteiger partial charge is 0.346 e. The van der Waals surface area contributed by atoms with Crippen LogP contribution in [0.5, 0.6) is 0 Å². The molecular weight excluding hydrogens is 378 g/mol. The molecule has 0 fully saturated rings. The second kappa shape index (κ2) is 7.28. The third-order valence-electron chi connectivity index (χ3n) is 4.30. The fourth-order valence-electron chi connectivity index (χ4n) is 2.91. The molecule has 28 heavy (non-hydrogen) atoms. The first-order valence-corrected chi connectivity index (χ1v) is 8.95. The number of fused-ring (bicyclic) bond motifs is 1. The highest BCUT2D eigenvalue weighted by molar-refractivity contribution is 6.30. The predicted octanol–water partition coefficient (Wildman–Crippen LogP) is 2.70. The first-order valence-electron chi connectivity index (χ1n) is 8.57. The Labute approximate surface area is 165 Å². The third kappa shape index (κ3) is 3.27. The highest BCUT2D eigenvalue weighted by Crippen LogP contribution is 2.18. The number of rotatable bonds is 4. The number of hydrogen-bond donors (Lipinski definition) is 1. The van der Waals surface area contributed by atoms with Crippen LogP contribution in [0.25, 0.3) is 16.7 Å². The number of benzene rings is 2. The Morgan fingerprint density at radius 1 is 1.14 bits per heavy atom. The summed E-state index contributed by atoms with van der Waals surface area (Å²) in [6.07, 6.45) is 1.38. The van der Waals surface area contributed by atoms with Gasteiger partial charge in [0.2, 0.25) is 0 Å². The molecule has 2 aromatic carbocycles. The minimum absolute atomic E-state index is 0.0959. The van der Waals surface area contributed by atoms with Gasteiger partial charge in [-0.2, -0.15) is 5.10 Å². The normalized spacial score (nSPS) is 10.9. The van der Waals surface area contributed by atoms with Crippen LogP contribution in [0, 0.1) is 0 Å². The summed E-state index contributed by atoms with van der Waals surface area (Å²) in [4.78, 5) is 29.8. The summed E-state index contributed by atoms with van der Waals surface area (Å²) in [5.74, 6) is -0.416. The van der Waals surface area contributed by atoms with Gasteiger partial charge in [-0.05, 0) is 29.8 Å². The molecular formula is C20H16ClN5O2. The molecule has 7 nitrogen and oxygen atoms in total. The van der Waals surface area contributed by atoms with Crippen LogP contribution >= 0.6 is 11.6 Å². The van der Waals surface area contributed by atoms with Crippen molar-refractivity contribution in [3.63, 3.8) is 0 Å². The van der Waals surface area contributed by atoms with Crippen LogP contribution in [-0.4, -0.2) is 25.2 Å². The molecule has 2 aromatic heterocycles. The number of para-hydroxylation sites is 1. The molecule has 0 unspecified atom stereocenters. The van der Waals surface area contributed by atoms with Crippen molar-refractivity contribution in [1.82, 2.24) is 24.6 Å². The third-order valence-corrected chi connectivity index (χ3v) is 4.54. The Hall–Kier alpha value is -3.45. The number of carbonyl (C=O) groups excluding carboxylic acids is 1. The van der Waals surface area contributed by atoms with E-state index >= 15 is 0 Å². The van der Waals surface area contributed by atoms with Crippen LogP contribution in [-0.2, 0) is 13.6 Å². The van der Waals surface area contributed by atoms with Gasteiger partial charge in [-0.25, -0.2) is 9.67 Å². The molecule has 0 aliphatic heterocycles. The molecule has 0 atom stereocenters. The molecule has 0 saturated carbocycles. The lowest BCUT2D eigenvalue weighted by Crippen LogP contribution is -2.24.